The summed E-state index contributed by atoms with van der Waals surface area (Å²) in [5, 5.41) is 20.5. The topological polar surface area (TPSA) is 126 Å². The fraction of sp³-hybridized carbons (Fsp3) is 0.100. The Kier molecular flexibility index (Phi) is 4.52. The monoisotopic (exact) mass is 268 g/mol. The highest BCUT2D eigenvalue weighted by atomic mass is 16.6. The highest BCUT2D eigenvalue weighted by molar-refractivity contribution is 6.15. The van der Waals surface area contributed by atoms with Crippen molar-refractivity contribution in [3.8, 4) is 0 Å². The van der Waals surface area contributed by atoms with E-state index in [0.29, 0.717) is 12.4 Å². The Balaban J connectivity index is 3.09. The lowest BCUT2D eigenvalue weighted by Gasteiger charge is -1.98. The molecule has 0 atom stereocenters. The van der Waals surface area contributed by atoms with Gasteiger partial charge in [-0.15, -0.1) is 0 Å². The third kappa shape index (κ3) is 4.07. The molecule has 0 bridgehead atoms. The smallest absolute Gasteiger partial charge is 0.348 e. The molecule has 0 amide bonds. The molecule has 0 radical (unpaired) electrons. The van der Waals surface area contributed by atoms with Crippen LogP contribution in [0.4, 0.5) is 0 Å². The minimum atomic E-state index is -0.948. The molecule has 1 aromatic heterocycles. The summed E-state index contributed by atoms with van der Waals surface area (Å²) in [7, 11) is 1.06. The molecule has 1 aromatic rings. The molecule has 0 N–H and O–H groups in total. The van der Waals surface area contributed by atoms with Crippen molar-refractivity contribution >= 4 is 17.6 Å². The van der Waals surface area contributed by atoms with Gasteiger partial charge >= 0.3 is 5.97 Å². The van der Waals surface area contributed by atoms with Gasteiger partial charge < -0.3 is 9.15 Å². The van der Waals surface area contributed by atoms with Crippen molar-refractivity contribution in [3.05, 3.63) is 56.3 Å². The quantitative estimate of drug-likeness (QED) is 0.341. The normalized spacial score (nSPS) is 11.5. The van der Waals surface area contributed by atoms with Crippen molar-refractivity contribution in [1.29, 1.82) is 0 Å². The second-order valence-corrected chi connectivity index (χ2v) is 3.12. The average Bonchev–Trinajstić information content (AvgIpc) is 2.80. The molecule has 100 valence electrons. The Morgan fingerprint density at radius 2 is 2.00 bits per heavy atom. The molecule has 9 nitrogen and oxygen atoms in total. The van der Waals surface area contributed by atoms with Crippen LogP contribution in [-0.2, 0) is 9.53 Å². The number of hydrogen-bond donors (Lipinski definition) is 0. The number of furan rings is 1. The molecule has 19 heavy (non-hydrogen) atoms. The van der Waals surface area contributed by atoms with Crippen molar-refractivity contribution in [3.63, 3.8) is 0 Å². The molecule has 1 heterocycles. The molecule has 0 fully saturated rings. The van der Waals surface area contributed by atoms with Gasteiger partial charge in [-0.3, -0.25) is 20.2 Å². The standard InChI is InChI=1S/C10H8N2O7/c1-18-10(13)8(6-12(16)17)9-3-2-7(19-9)4-5-11(14)15/h2-6H,1H3/b5-4+,8-6-. The number of esters is 1. The Morgan fingerprint density at radius 3 is 2.53 bits per heavy atom. The molecule has 0 unspecified atom stereocenters. The summed E-state index contributed by atoms with van der Waals surface area (Å²) >= 11 is 0. The van der Waals surface area contributed by atoms with E-state index in [1.54, 1.807) is 0 Å². The number of carbonyl (C=O) groups is 1. The number of rotatable bonds is 5. The Morgan fingerprint density at radius 1 is 1.32 bits per heavy atom. The van der Waals surface area contributed by atoms with Gasteiger partial charge in [0, 0.05) is 0 Å². The van der Waals surface area contributed by atoms with Gasteiger partial charge in [0.2, 0.25) is 6.20 Å². The zero-order valence-corrected chi connectivity index (χ0v) is 9.64. The van der Waals surface area contributed by atoms with Crippen LogP contribution >= 0.6 is 0 Å². The molecule has 0 saturated heterocycles. The number of ether oxygens (including phenoxy) is 1. The number of carbonyl (C=O) groups excluding carboxylic acids is 1. The predicted octanol–water partition coefficient (Wildman–Crippen LogP) is 1.32. The maximum Gasteiger partial charge on any atom is 0.348 e. The summed E-state index contributed by atoms with van der Waals surface area (Å²) in [6.45, 7) is 0. The molecule has 0 aromatic carbocycles. The molecular weight excluding hydrogens is 260 g/mol. The summed E-state index contributed by atoms with van der Waals surface area (Å²) in [6.07, 6.45) is 2.12. The average molecular weight is 268 g/mol. The van der Waals surface area contributed by atoms with Crippen molar-refractivity contribution in [1.82, 2.24) is 0 Å². The van der Waals surface area contributed by atoms with Gasteiger partial charge in [0.25, 0.3) is 6.20 Å². The van der Waals surface area contributed by atoms with Crippen LogP contribution in [0, 0.1) is 20.2 Å². The van der Waals surface area contributed by atoms with Crippen LogP contribution in [0.1, 0.15) is 11.5 Å². The first-order chi connectivity index (χ1) is 8.93. The maximum atomic E-state index is 11.3. The molecule has 0 aliphatic rings. The van der Waals surface area contributed by atoms with Crippen molar-refractivity contribution in [2.45, 2.75) is 0 Å². The lowest BCUT2D eigenvalue weighted by molar-refractivity contribution is -0.401. The summed E-state index contributed by atoms with van der Waals surface area (Å²) in [5.41, 5.74) is -0.395. The first-order valence-electron chi connectivity index (χ1n) is 4.79. The van der Waals surface area contributed by atoms with Crippen LogP contribution < -0.4 is 0 Å². The van der Waals surface area contributed by atoms with Gasteiger partial charge in [-0.2, -0.15) is 0 Å². The van der Waals surface area contributed by atoms with Crippen LogP contribution in [0.5, 0.6) is 0 Å². The van der Waals surface area contributed by atoms with Crippen molar-refractivity contribution in [2.75, 3.05) is 7.11 Å². The van der Waals surface area contributed by atoms with E-state index in [-0.39, 0.29) is 11.5 Å². The summed E-state index contributed by atoms with van der Waals surface area (Å²) in [5.74, 6) is -0.993. The number of nitrogens with zero attached hydrogens (tertiary/aromatic N) is 2. The molecule has 0 aliphatic carbocycles. The van der Waals surface area contributed by atoms with Gasteiger partial charge in [0.1, 0.15) is 11.5 Å². The molecule has 0 aliphatic heterocycles. The van der Waals surface area contributed by atoms with E-state index in [2.05, 4.69) is 4.74 Å². The highest BCUT2D eigenvalue weighted by Crippen LogP contribution is 2.20. The predicted molar refractivity (Wildman–Crippen MR) is 61.7 cm³/mol. The second kappa shape index (κ2) is 6.10. The summed E-state index contributed by atoms with van der Waals surface area (Å²) < 4.78 is 9.43. The van der Waals surface area contributed by atoms with E-state index in [0.717, 1.165) is 13.2 Å². The van der Waals surface area contributed by atoms with E-state index < -0.39 is 21.4 Å². The summed E-state index contributed by atoms with van der Waals surface area (Å²) in [6, 6.07) is 2.60. The Hall–Kier alpha value is -2.97. The SMILES string of the molecule is COC(=O)/C(=C\[N+](=O)[O-])c1ccc(/C=C/[N+](=O)[O-])o1. The first-order valence-corrected chi connectivity index (χ1v) is 4.79. The van der Waals surface area contributed by atoms with Gasteiger partial charge in [-0.25, -0.2) is 4.79 Å². The van der Waals surface area contributed by atoms with E-state index in [1.165, 1.54) is 12.1 Å². The molecule has 0 saturated carbocycles. The van der Waals surface area contributed by atoms with Crippen molar-refractivity contribution in [2.24, 2.45) is 0 Å². The molecular formula is C10H8N2O7. The second-order valence-electron chi connectivity index (χ2n) is 3.12. The fourth-order valence-corrected chi connectivity index (χ4v) is 1.15. The number of nitro groups is 2. The van der Waals surface area contributed by atoms with E-state index >= 15 is 0 Å². The lowest BCUT2D eigenvalue weighted by atomic mass is 10.2. The van der Waals surface area contributed by atoms with E-state index in [1.807, 2.05) is 0 Å². The van der Waals surface area contributed by atoms with Crippen molar-refractivity contribution < 1.29 is 23.8 Å². The van der Waals surface area contributed by atoms with Gasteiger partial charge in [0.15, 0.2) is 5.57 Å². The van der Waals surface area contributed by atoms with E-state index in [9.17, 15) is 25.0 Å². The molecule has 0 spiro atoms. The van der Waals surface area contributed by atoms with Crippen LogP contribution in [0.2, 0.25) is 0 Å². The third-order valence-electron chi connectivity index (χ3n) is 1.89. The zero-order valence-electron chi connectivity index (χ0n) is 9.64. The molecule has 9 heteroatoms. The Labute approximate surface area is 106 Å². The number of methoxy groups -OCH3 is 1. The number of hydrogen-bond acceptors (Lipinski definition) is 7. The maximum absolute atomic E-state index is 11.3. The van der Waals surface area contributed by atoms with Crippen LogP contribution in [0.25, 0.3) is 11.6 Å². The lowest BCUT2D eigenvalue weighted by Crippen LogP contribution is -2.05. The minimum absolute atomic E-state index is 0.0739. The van der Waals surface area contributed by atoms with Gasteiger partial charge in [-0.05, 0) is 12.1 Å². The Bertz CT molecular complexity index is 570. The highest BCUT2D eigenvalue weighted by Gasteiger charge is 2.20. The summed E-state index contributed by atoms with van der Waals surface area (Å²) in [4.78, 5) is 30.3. The fourth-order valence-electron chi connectivity index (χ4n) is 1.15. The zero-order chi connectivity index (χ0) is 14.4. The first kappa shape index (κ1) is 14.1. The van der Waals surface area contributed by atoms with Gasteiger partial charge in [-0.1, -0.05) is 0 Å². The van der Waals surface area contributed by atoms with Crippen LogP contribution in [-0.4, -0.2) is 22.9 Å². The minimum Gasteiger partial charge on any atom is -0.465 e. The largest absolute Gasteiger partial charge is 0.465 e. The third-order valence-corrected chi connectivity index (χ3v) is 1.89. The van der Waals surface area contributed by atoms with Crippen LogP contribution in [0.15, 0.2) is 28.9 Å². The van der Waals surface area contributed by atoms with Crippen LogP contribution in [0.3, 0.4) is 0 Å². The van der Waals surface area contributed by atoms with Gasteiger partial charge in [0.05, 0.1) is 23.0 Å². The molecule has 1 rings (SSSR count). The van der Waals surface area contributed by atoms with E-state index in [4.69, 9.17) is 4.42 Å².